The molecule has 1 aromatic heterocycles. The van der Waals surface area contributed by atoms with Crippen LogP contribution in [-0.2, 0) is 0 Å². The van der Waals surface area contributed by atoms with Gasteiger partial charge in [-0.25, -0.2) is 0 Å². The molecule has 2 rings (SSSR count). The number of amides is 1. The summed E-state index contributed by atoms with van der Waals surface area (Å²) in [6.45, 7) is 3.52. The van der Waals surface area contributed by atoms with Gasteiger partial charge in [-0.1, -0.05) is 23.7 Å². The van der Waals surface area contributed by atoms with Crippen LogP contribution in [0.1, 0.15) is 34.7 Å². The highest BCUT2D eigenvalue weighted by Gasteiger charge is 2.21. The first-order valence-electron chi connectivity index (χ1n) is 6.27. The lowest BCUT2D eigenvalue weighted by Crippen LogP contribution is -2.37. The molecule has 20 heavy (non-hydrogen) atoms. The first kappa shape index (κ1) is 14.6. The maximum Gasteiger partial charge on any atom is 0.287 e. The summed E-state index contributed by atoms with van der Waals surface area (Å²) < 4.78 is 5.12. The van der Waals surface area contributed by atoms with Crippen LogP contribution in [0.4, 0.5) is 0 Å². The molecule has 0 spiro atoms. The lowest BCUT2D eigenvalue weighted by Gasteiger charge is -2.20. The first-order valence-corrected chi connectivity index (χ1v) is 6.65. The molecule has 1 heterocycles. The monoisotopic (exact) mass is 293 g/mol. The van der Waals surface area contributed by atoms with Crippen molar-refractivity contribution in [3.8, 4) is 0 Å². The molecule has 0 aliphatic carbocycles. The van der Waals surface area contributed by atoms with E-state index in [9.17, 15) is 9.90 Å². The molecule has 2 unspecified atom stereocenters. The van der Waals surface area contributed by atoms with E-state index in [-0.39, 0.29) is 11.7 Å². The number of hydrogen-bond donors (Lipinski definition) is 2. The van der Waals surface area contributed by atoms with Crippen LogP contribution in [-0.4, -0.2) is 17.1 Å². The van der Waals surface area contributed by atoms with Gasteiger partial charge in [0.2, 0.25) is 0 Å². The fraction of sp³-hybridized carbons (Fsp3) is 0.267. The van der Waals surface area contributed by atoms with Gasteiger partial charge in [-0.3, -0.25) is 4.79 Å². The van der Waals surface area contributed by atoms with Crippen molar-refractivity contribution < 1.29 is 14.3 Å². The smallest absolute Gasteiger partial charge is 0.287 e. The fourth-order valence-electron chi connectivity index (χ4n) is 1.91. The van der Waals surface area contributed by atoms with E-state index in [4.69, 9.17) is 16.0 Å². The molecule has 0 fully saturated rings. The van der Waals surface area contributed by atoms with Crippen molar-refractivity contribution in [1.82, 2.24) is 5.32 Å². The summed E-state index contributed by atoms with van der Waals surface area (Å²) in [6, 6.07) is 8.13. The third kappa shape index (κ3) is 3.21. The van der Waals surface area contributed by atoms with Crippen molar-refractivity contribution in [3.63, 3.8) is 0 Å². The Kier molecular flexibility index (Phi) is 4.47. The van der Waals surface area contributed by atoms with Gasteiger partial charge >= 0.3 is 0 Å². The van der Waals surface area contributed by atoms with Gasteiger partial charge in [-0.2, -0.15) is 0 Å². The second kappa shape index (κ2) is 6.11. The molecule has 0 aliphatic rings. The minimum Gasteiger partial charge on any atom is -0.459 e. The molecule has 1 aromatic carbocycles. The molecular weight excluding hydrogens is 278 g/mol. The highest BCUT2D eigenvalue weighted by molar-refractivity contribution is 6.30. The zero-order valence-electron chi connectivity index (χ0n) is 11.3. The Morgan fingerprint density at radius 2 is 1.95 bits per heavy atom. The van der Waals surface area contributed by atoms with Crippen LogP contribution in [0.15, 0.2) is 41.0 Å². The fourth-order valence-corrected chi connectivity index (χ4v) is 2.03. The summed E-state index contributed by atoms with van der Waals surface area (Å²) in [6.07, 6.45) is 0.649. The highest BCUT2D eigenvalue weighted by Crippen LogP contribution is 2.20. The van der Waals surface area contributed by atoms with Crippen molar-refractivity contribution in [2.24, 2.45) is 0 Å². The molecule has 106 valence electrons. The molecule has 2 N–H and O–H groups in total. The number of hydrogen-bond acceptors (Lipinski definition) is 3. The van der Waals surface area contributed by atoms with Gasteiger partial charge in [0.15, 0.2) is 5.76 Å². The van der Waals surface area contributed by atoms with Gasteiger partial charge in [0.05, 0.1) is 18.4 Å². The maximum absolute atomic E-state index is 12.0. The number of furan rings is 1. The Bertz CT molecular complexity index is 591. The van der Waals surface area contributed by atoms with Crippen molar-refractivity contribution in [1.29, 1.82) is 0 Å². The van der Waals surface area contributed by atoms with E-state index in [0.29, 0.717) is 10.6 Å². The number of rotatable bonds is 4. The molecule has 4 nitrogen and oxygen atoms in total. The Labute approximate surface area is 122 Å². The predicted octanol–water partition coefficient (Wildman–Crippen LogP) is 3.09. The summed E-state index contributed by atoms with van der Waals surface area (Å²) in [5.41, 5.74) is 1.45. The minimum absolute atomic E-state index is 0.264. The average Bonchev–Trinajstić information content (AvgIpc) is 2.85. The molecule has 0 bridgehead atoms. The molecular formula is C15H16ClNO3. The Morgan fingerprint density at radius 3 is 2.50 bits per heavy atom. The van der Waals surface area contributed by atoms with Crippen LogP contribution in [0.2, 0.25) is 5.02 Å². The normalized spacial score (nSPS) is 13.8. The van der Waals surface area contributed by atoms with Gasteiger partial charge in [0.1, 0.15) is 0 Å². The number of benzene rings is 1. The molecule has 0 saturated carbocycles. The number of aliphatic hydroxyl groups excluding tert-OH is 1. The zero-order chi connectivity index (χ0) is 14.7. The minimum atomic E-state index is -0.813. The summed E-state index contributed by atoms with van der Waals surface area (Å²) >= 11 is 5.80. The van der Waals surface area contributed by atoms with Crippen molar-refractivity contribution in [3.05, 3.63) is 58.5 Å². The van der Waals surface area contributed by atoms with Gasteiger partial charge in [0, 0.05) is 10.6 Å². The van der Waals surface area contributed by atoms with Crippen LogP contribution in [0.3, 0.4) is 0 Å². The van der Waals surface area contributed by atoms with Crippen molar-refractivity contribution in [2.45, 2.75) is 26.0 Å². The zero-order valence-corrected chi connectivity index (χ0v) is 12.0. The summed E-state index contributed by atoms with van der Waals surface area (Å²) in [5.74, 6) is -0.0758. The summed E-state index contributed by atoms with van der Waals surface area (Å²) in [7, 11) is 0. The van der Waals surface area contributed by atoms with Crippen LogP contribution in [0, 0.1) is 6.92 Å². The van der Waals surface area contributed by atoms with E-state index in [1.165, 1.54) is 6.26 Å². The van der Waals surface area contributed by atoms with Crippen molar-refractivity contribution in [2.75, 3.05) is 0 Å². The van der Waals surface area contributed by atoms with Crippen molar-refractivity contribution >= 4 is 17.5 Å². The number of halogens is 1. The number of aliphatic hydroxyl groups is 1. The number of nitrogens with one attached hydrogen (secondary N) is 1. The van der Waals surface area contributed by atoms with E-state index >= 15 is 0 Å². The van der Waals surface area contributed by atoms with Gasteiger partial charge < -0.3 is 14.8 Å². The third-order valence-electron chi connectivity index (χ3n) is 3.11. The second-order valence-corrected chi connectivity index (χ2v) is 5.13. The molecule has 5 heteroatoms. The van der Waals surface area contributed by atoms with Gasteiger partial charge in [-0.15, -0.1) is 0 Å². The standard InChI is InChI=1S/C15H16ClNO3/c1-9-7-8-20-14(9)15(19)17-10(2)13(18)11-3-5-12(16)6-4-11/h3-8,10,13,18H,1-2H3,(H,17,19). The summed E-state index contributed by atoms with van der Waals surface area (Å²) in [4.78, 5) is 12.0. The van der Waals surface area contributed by atoms with Crippen LogP contribution >= 0.6 is 11.6 Å². The Balaban J connectivity index is 2.04. The van der Waals surface area contributed by atoms with Crippen LogP contribution in [0.25, 0.3) is 0 Å². The largest absolute Gasteiger partial charge is 0.459 e. The van der Waals surface area contributed by atoms with E-state index in [1.54, 1.807) is 44.2 Å². The molecule has 1 amide bonds. The SMILES string of the molecule is Cc1ccoc1C(=O)NC(C)C(O)c1ccc(Cl)cc1. The van der Waals surface area contributed by atoms with Crippen LogP contribution < -0.4 is 5.32 Å². The third-order valence-corrected chi connectivity index (χ3v) is 3.36. The maximum atomic E-state index is 12.0. The van der Waals surface area contributed by atoms with E-state index in [1.807, 2.05) is 0 Å². The molecule has 0 aliphatic heterocycles. The average molecular weight is 294 g/mol. The molecule has 2 aromatic rings. The molecule has 0 radical (unpaired) electrons. The number of carbonyl (C=O) groups is 1. The summed E-state index contributed by atoms with van der Waals surface area (Å²) in [5, 5.41) is 13.5. The Morgan fingerprint density at radius 1 is 1.30 bits per heavy atom. The van der Waals surface area contributed by atoms with E-state index < -0.39 is 12.1 Å². The second-order valence-electron chi connectivity index (χ2n) is 4.69. The predicted molar refractivity (Wildman–Crippen MR) is 76.8 cm³/mol. The number of carbonyl (C=O) groups excluding carboxylic acids is 1. The van der Waals surface area contributed by atoms with E-state index in [2.05, 4.69) is 5.32 Å². The highest BCUT2D eigenvalue weighted by atomic mass is 35.5. The van der Waals surface area contributed by atoms with Gasteiger partial charge in [-0.05, 0) is 37.6 Å². The quantitative estimate of drug-likeness (QED) is 0.910. The Hall–Kier alpha value is -1.78. The first-order chi connectivity index (χ1) is 9.49. The number of aryl methyl sites for hydroxylation is 1. The molecule has 2 atom stereocenters. The lowest BCUT2D eigenvalue weighted by atomic mass is 10.0. The van der Waals surface area contributed by atoms with Crippen LogP contribution in [0.5, 0.6) is 0 Å². The topological polar surface area (TPSA) is 62.5 Å². The van der Waals surface area contributed by atoms with Gasteiger partial charge in [0.25, 0.3) is 5.91 Å². The van der Waals surface area contributed by atoms with E-state index in [0.717, 1.165) is 5.56 Å². The lowest BCUT2D eigenvalue weighted by molar-refractivity contribution is 0.0825. The molecule has 0 saturated heterocycles.